The molecule has 1 unspecified atom stereocenters. The van der Waals surface area contributed by atoms with Crippen molar-refractivity contribution < 1.29 is 0 Å². The van der Waals surface area contributed by atoms with Gasteiger partial charge >= 0.3 is 0 Å². The van der Waals surface area contributed by atoms with Crippen LogP contribution in [0, 0.1) is 5.92 Å². The summed E-state index contributed by atoms with van der Waals surface area (Å²) in [6, 6.07) is 0. The average molecular weight is 261 g/mol. The van der Waals surface area contributed by atoms with Crippen LogP contribution < -0.4 is 10.6 Å². The number of rotatable bonds is 4. The van der Waals surface area contributed by atoms with Crippen LogP contribution in [-0.2, 0) is 0 Å². The number of nitrogens with one attached hydrogen (secondary N) is 3. The van der Waals surface area contributed by atoms with Gasteiger partial charge in [-0.25, -0.2) is 0 Å². The summed E-state index contributed by atoms with van der Waals surface area (Å²) in [5.74, 6) is 2.13. The molecular weight excluding hydrogens is 242 g/mol. The summed E-state index contributed by atoms with van der Waals surface area (Å²) in [5.41, 5.74) is 0.755. The number of hydrogen-bond donors (Lipinski definition) is 3. The van der Waals surface area contributed by atoms with Crippen LogP contribution in [0.2, 0.25) is 0 Å². The molecule has 1 aliphatic rings. The first kappa shape index (κ1) is 12.2. The minimum atomic E-state index is 0.600. The van der Waals surface area contributed by atoms with Crippen molar-refractivity contribution in [2.45, 2.75) is 6.42 Å². The Bertz CT molecular complexity index is 564. The fraction of sp³-hybridized carbons (Fsp3) is 0.583. The summed E-state index contributed by atoms with van der Waals surface area (Å²) < 4.78 is 0. The van der Waals surface area contributed by atoms with Crippen molar-refractivity contribution in [2.75, 3.05) is 44.4 Å². The molecular formula is C12H19N7. The molecule has 1 atom stereocenters. The minimum Gasteiger partial charge on any atom is -0.369 e. The largest absolute Gasteiger partial charge is 0.369 e. The summed E-state index contributed by atoms with van der Waals surface area (Å²) >= 11 is 0. The Morgan fingerprint density at radius 1 is 1.47 bits per heavy atom. The van der Waals surface area contributed by atoms with E-state index in [0.717, 1.165) is 29.9 Å². The molecule has 0 aromatic carbocycles. The third-order valence-electron chi connectivity index (χ3n) is 3.58. The third-order valence-corrected chi connectivity index (χ3v) is 3.58. The number of aromatic amines is 1. The molecule has 0 saturated carbocycles. The Morgan fingerprint density at radius 3 is 3.11 bits per heavy atom. The van der Waals surface area contributed by atoms with E-state index in [2.05, 4.69) is 42.7 Å². The zero-order valence-corrected chi connectivity index (χ0v) is 11.3. The molecule has 2 aromatic rings. The first-order valence-corrected chi connectivity index (χ1v) is 6.57. The molecule has 7 heteroatoms. The van der Waals surface area contributed by atoms with Crippen LogP contribution in [0.4, 0.5) is 11.8 Å². The first-order valence-electron chi connectivity index (χ1n) is 6.57. The number of H-pyrrole nitrogens is 1. The molecule has 7 nitrogen and oxygen atoms in total. The van der Waals surface area contributed by atoms with Gasteiger partial charge in [0.05, 0.1) is 11.6 Å². The molecule has 0 radical (unpaired) electrons. The number of likely N-dealkylation sites (tertiary alicyclic amines) is 1. The van der Waals surface area contributed by atoms with Crippen LogP contribution in [0.3, 0.4) is 0 Å². The van der Waals surface area contributed by atoms with Gasteiger partial charge in [-0.15, -0.1) is 0 Å². The molecule has 1 fully saturated rings. The smallest absolute Gasteiger partial charge is 0.226 e. The first-order chi connectivity index (χ1) is 9.26. The highest BCUT2D eigenvalue weighted by Crippen LogP contribution is 2.21. The van der Waals surface area contributed by atoms with E-state index >= 15 is 0 Å². The maximum absolute atomic E-state index is 4.46. The fourth-order valence-corrected chi connectivity index (χ4v) is 2.52. The van der Waals surface area contributed by atoms with Gasteiger partial charge in [0.25, 0.3) is 0 Å². The molecule has 3 N–H and O–H groups in total. The third kappa shape index (κ3) is 2.46. The molecule has 0 bridgehead atoms. The van der Waals surface area contributed by atoms with E-state index in [0.29, 0.717) is 11.9 Å². The van der Waals surface area contributed by atoms with E-state index in [1.54, 1.807) is 6.20 Å². The van der Waals surface area contributed by atoms with Gasteiger partial charge in [0.15, 0.2) is 5.65 Å². The lowest BCUT2D eigenvalue weighted by molar-refractivity contribution is 0.399. The lowest BCUT2D eigenvalue weighted by atomic mass is 10.1. The fourth-order valence-electron chi connectivity index (χ4n) is 2.52. The molecule has 1 aliphatic heterocycles. The van der Waals surface area contributed by atoms with Crippen LogP contribution in [-0.4, -0.2) is 58.8 Å². The van der Waals surface area contributed by atoms with Gasteiger partial charge in [-0.05, 0) is 25.9 Å². The number of fused-ring (bicyclic) bond motifs is 1. The van der Waals surface area contributed by atoms with Gasteiger partial charge in [-0.2, -0.15) is 15.1 Å². The van der Waals surface area contributed by atoms with Crippen LogP contribution >= 0.6 is 0 Å². The average Bonchev–Trinajstić information content (AvgIpc) is 3.04. The summed E-state index contributed by atoms with van der Waals surface area (Å²) in [6.45, 7) is 3.26. The summed E-state index contributed by atoms with van der Waals surface area (Å²) in [7, 11) is 3.98. The van der Waals surface area contributed by atoms with E-state index in [-0.39, 0.29) is 0 Å². The van der Waals surface area contributed by atoms with Gasteiger partial charge in [0.1, 0.15) is 5.82 Å². The SMILES string of the molecule is CNc1nc(NCC2CCN(C)C2)c2cn[nH]c2n1. The van der Waals surface area contributed by atoms with Gasteiger partial charge in [-0.1, -0.05) is 0 Å². The van der Waals surface area contributed by atoms with Crippen molar-refractivity contribution in [1.29, 1.82) is 0 Å². The van der Waals surface area contributed by atoms with E-state index in [1.807, 2.05) is 7.05 Å². The highest BCUT2D eigenvalue weighted by molar-refractivity contribution is 5.86. The molecule has 0 amide bonds. The molecule has 19 heavy (non-hydrogen) atoms. The zero-order valence-electron chi connectivity index (χ0n) is 11.3. The summed E-state index contributed by atoms with van der Waals surface area (Å²) in [6.07, 6.45) is 3.00. The highest BCUT2D eigenvalue weighted by atomic mass is 15.2. The van der Waals surface area contributed by atoms with Crippen LogP contribution in [0.25, 0.3) is 11.0 Å². The molecule has 2 aromatic heterocycles. The van der Waals surface area contributed by atoms with Gasteiger partial charge < -0.3 is 15.5 Å². The van der Waals surface area contributed by atoms with Crippen molar-refractivity contribution in [3.8, 4) is 0 Å². The van der Waals surface area contributed by atoms with Crippen LogP contribution in [0.5, 0.6) is 0 Å². The zero-order chi connectivity index (χ0) is 13.2. The topological polar surface area (TPSA) is 81.8 Å². The van der Waals surface area contributed by atoms with Crippen LogP contribution in [0.1, 0.15) is 6.42 Å². The lowest BCUT2D eigenvalue weighted by Gasteiger charge is -2.13. The molecule has 1 saturated heterocycles. The standard InChI is InChI=1S/C12H19N7/c1-13-12-16-10(9-6-15-18-11(9)17-12)14-5-8-3-4-19(2)7-8/h6,8H,3-5,7H2,1-2H3,(H3,13,14,15,16,17,18). The van der Waals surface area contributed by atoms with Gasteiger partial charge in [-0.3, -0.25) is 5.10 Å². The molecule has 0 aliphatic carbocycles. The molecule has 0 spiro atoms. The van der Waals surface area contributed by atoms with E-state index < -0.39 is 0 Å². The second kappa shape index (κ2) is 5.00. The van der Waals surface area contributed by atoms with Crippen molar-refractivity contribution in [3.63, 3.8) is 0 Å². The van der Waals surface area contributed by atoms with E-state index in [9.17, 15) is 0 Å². The summed E-state index contributed by atoms with van der Waals surface area (Å²) in [4.78, 5) is 11.1. The highest BCUT2D eigenvalue weighted by Gasteiger charge is 2.19. The number of hydrogen-bond acceptors (Lipinski definition) is 6. The van der Waals surface area contributed by atoms with E-state index in [4.69, 9.17) is 0 Å². The van der Waals surface area contributed by atoms with Gasteiger partial charge in [0.2, 0.25) is 5.95 Å². The van der Waals surface area contributed by atoms with Crippen molar-refractivity contribution >= 4 is 22.8 Å². The number of anilines is 2. The Hall–Kier alpha value is -1.89. The summed E-state index contributed by atoms with van der Waals surface area (Å²) in [5, 5.41) is 14.2. The second-order valence-corrected chi connectivity index (χ2v) is 5.08. The molecule has 3 rings (SSSR count). The Morgan fingerprint density at radius 2 is 2.37 bits per heavy atom. The normalized spacial score (nSPS) is 20.0. The quantitative estimate of drug-likeness (QED) is 0.754. The maximum atomic E-state index is 4.46. The Balaban J connectivity index is 1.77. The number of aromatic nitrogens is 4. The molecule has 3 heterocycles. The van der Waals surface area contributed by atoms with Crippen molar-refractivity contribution in [2.24, 2.45) is 5.92 Å². The predicted molar refractivity (Wildman–Crippen MR) is 75.3 cm³/mol. The minimum absolute atomic E-state index is 0.600. The molecule has 102 valence electrons. The van der Waals surface area contributed by atoms with Gasteiger partial charge in [0, 0.05) is 20.1 Å². The van der Waals surface area contributed by atoms with Crippen molar-refractivity contribution in [3.05, 3.63) is 6.20 Å². The van der Waals surface area contributed by atoms with Crippen molar-refractivity contribution in [1.82, 2.24) is 25.1 Å². The number of nitrogens with zero attached hydrogens (tertiary/aromatic N) is 4. The van der Waals surface area contributed by atoms with Crippen LogP contribution in [0.15, 0.2) is 6.20 Å². The lowest BCUT2D eigenvalue weighted by Crippen LogP contribution is -2.19. The second-order valence-electron chi connectivity index (χ2n) is 5.08. The predicted octanol–water partition coefficient (Wildman–Crippen LogP) is 0.758. The van der Waals surface area contributed by atoms with E-state index in [1.165, 1.54) is 13.0 Å². The maximum Gasteiger partial charge on any atom is 0.226 e. The Kier molecular flexibility index (Phi) is 3.20. The monoisotopic (exact) mass is 261 g/mol. The Labute approximate surface area is 111 Å².